The average molecular weight is 326 g/mol. The lowest BCUT2D eigenvalue weighted by Gasteiger charge is -2.13. The van der Waals surface area contributed by atoms with E-state index in [0.29, 0.717) is 24.1 Å². The van der Waals surface area contributed by atoms with Crippen molar-refractivity contribution in [3.05, 3.63) is 53.3 Å². The van der Waals surface area contributed by atoms with Gasteiger partial charge < -0.3 is 15.0 Å². The zero-order valence-electron chi connectivity index (χ0n) is 13.0. The highest BCUT2D eigenvalue weighted by Crippen LogP contribution is 2.33. The van der Waals surface area contributed by atoms with E-state index in [4.69, 9.17) is 4.74 Å². The summed E-state index contributed by atoms with van der Waals surface area (Å²) in [5, 5.41) is 2.78. The number of nitrogens with zero attached hydrogens (tertiary/aromatic N) is 1. The first kappa shape index (κ1) is 14.7. The predicted octanol–water partition coefficient (Wildman–Crippen LogP) is 2.29. The summed E-state index contributed by atoms with van der Waals surface area (Å²) < 4.78 is 19.1. The van der Waals surface area contributed by atoms with Crippen LogP contribution in [0.2, 0.25) is 0 Å². The summed E-state index contributed by atoms with van der Waals surface area (Å²) in [6, 6.07) is 10.0. The molecule has 0 spiro atoms. The molecule has 2 heterocycles. The fourth-order valence-electron chi connectivity index (χ4n) is 3.15. The number of halogens is 1. The van der Waals surface area contributed by atoms with Crippen molar-refractivity contribution in [2.75, 3.05) is 17.3 Å². The largest absolute Gasteiger partial charge is 0.477 e. The Morgan fingerprint density at radius 3 is 2.92 bits per heavy atom. The van der Waals surface area contributed by atoms with E-state index in [9.17, 15) is 14.0 Å². The van der Waals surface area contributed by atoms with E-state index < -0.39 is 11.9 Å². The smallest absolute Gasteiger partial charge is 0.265 e. The number of ether oxygens (including phenoxy) is 1. The van der Waals surface area contributed by atoms with Gasteiger partial charge in [-0.15, -0.1) is 0 Å². The average Bonchev–Trinajstić information content (AvgIpc) is 3.11. The Morgan fingerprint density at radius 1 is 1.29 bits per heavy atom. The maximum absolute atomic E-state index is 13.7. The highest BCUT2D eigenvalue weighted by atomic mass is 19.1. The summed E-state index contributed by atoms with van der Waals surface area (Å²) in [5.74, 6) is -0.609. The Morgan fingerprint density at radius 2 is 2.12 bits per heavy atom. The van der Waals surface area contributed by atoms with Gasteiger partial charge in [-0.1, -0.05) is 12.1 Å². The molecule has 0 saturated heterocycles. The van der Waals surface area contributed by atoms with Crippen LogP contribution < -0.4 is 15.0 Å². The third-order valence-corrected chi connectivity index (χ3v) is 4.43. The molecule has 0 bridgehead atoms. The quantitative estimate of drug-likeness (QED) is 0.921. The number of anilines is 2. The van der Waals surface area contributed by atoms with E-state index in [2.05, 4.69) is 5.32 Å². The zero-order valence-corrected chi connectivity index (χ0v) is 13.0. The zero-order chi connectivity index (χ0) is 16.8. The number of amides is 2. The summed E-state index contributed by atoms with van der Waals surface area (Å²) in [6.45, 7) is 0. The molecular formula is C18H15FN2O3. The van der Waals surface area contributed by atoms with Gasteiger partial charge in [-0.3, -0.25) is 9.59 Å². The summed E-state index contributed by atoms with van der Waals surface area (Å²) in [4.78, 5) is 25.7. The Balaban J connectivity index is 1.49. The van der Waals surface area contributed by atoms with E-state index in [1.807, 2.05) is 0 Å². The Hall–Kier alpha value is -2.89. The maximum atomic E-state index is 13.7. The minimum Gasteiger partial charge on any atom is -0.477 e. The lowest BCUT2D eigenvalue weighted by atomic mass is 10.1. The fourth-order valence-corrected chi connectivity index (χ4v) is 3.15. The van der Waals surface area contributed by atoms with Crippen molar-refractivity contribution < 1.29 is 18.7 Å². The standard InChI is InChI=1S/C18H15FN2O3/c1-21-14-6-5-12(7-11(14)9-16(21)22)20-18(23)15-8-10-3-2-4-13(19)17(10)24-15/h2-7,15H,8-9H2,1H3,(H,20,23)/t15-/m1/s1. The lowest BCUT2D eigenvalue weighted by molar-refractivity contribution is -0.122. The van der Waals surface area contributed by atoms with Crippen LogP contribution in [0.4, 0.5) is 15.8 Å². The maximum Gasteiger partial charge on any atom is 0.265 e. The molecule has 2 aromatic carbocycles. The van der Waals surface area contributed by atoms with Crippen LogP contribution in [0.25, 0.3) is 0 Å². The van der Waals surface area contributed by atoms with Gasteiger partial charge in [-0.05, 0) is 29.8 Å². The fraction of sp³-hybridized carbons (Fsp3) is 0.222. The van der Waals surface area contributed by atoms with Gasteiger partial charge >= 0.3 is 0 Å². The molecule has 0 aromatic heterocycles. The summed E-state index contributed by atoms with van der Waals surface area (Å²) >= 11 is 0. The Bertz CT molecular complexity index is 865. The summed E-state index contributed by atoms with van der Waals surface area (Å²) in [6.07, 6.45) is -0.0912. The predicted molar refractivity (Wildman–Crippen MR) is 86.7 cm³/mol. The first-order valence-electron chi connectivity index (χ1n) is 7.67. The highest BCUT2D eigenvalue weighted by Gasteiger charge is 2.31. The van der Waals surface area contributed by atoms with Crippen LogP contribution in [0.5, 0.6) is 5.75 Å². The molecule has 2 aliphatic heterocycles. The van der Waals surface area contributed by atoms with E-state index in [1.165, 1.54) is 6.07 Å². The molecule has 24 heavy (non-hydrogen) atoms. The molecule has 6 heteroatoms. The molecule has 2 aliphatic rings. The second-order valence-corrected chi connectivity index (χ2v) is 6.00. The third-order valence-electron chi connectivity index (χ3n) is 4.43. The van der Waals surface area contributed by atoms with Crippen molar-refractivity contribution in [2.45, 2.75) is 18.9 Å². The molecule has 0 radical (unpaired) electrons. The number of fused-ring (bicyclic) bond motifs is 2. The number of para-hydroxylation sites is 1. The van der Waals surface area contributed by atoms with Gasteiger partial charge in [0.15, 0.2) is 17.7 Å². The van der Waals surface area contributed by atoms with E-state index in [-0.39, 0.29) is 17.6 Å². The van der Waals surface area contributed by atoms with Crippen LogP contribution in [-0.2, 0) is 22.4 Å². The van der Waals surface area contributed by atoms with Gasteiger partial charge in [0, 0.05) is 30.4 Å². The molecule has 0 unspecified atom stereocenters. The molecule has 0 fully saturated rings. The van der Waals surface area contributed by atoms with Gasteiger partial charge in [-0.2, -0.15) is 0 Å². The van der Waals surface area contributed by atoms with Gasteiger partial charge in [0.1, 0.15) is 0 Å². The SMILES string of the molecule is CN1C(=O)Cc2cc(NC(=O)[C@H]3Cc4cccc(F)c4O3)ccc21. The van der Waals surface area contributed by atoms with Crippen LogP contribution in [-0.4, -0.2) is 25.0 Å². The van der Waals surface area contributed by atoms with Crippen molar-refractivity contribution in [3.8, 4) is 5.75 Å². The first-order valence-corrected chi connectivity index (χ1v) is 7.67. The molecular weight excluding hydrogens is 311 g/mol. The molecule has 4 rings (SSSR count). The van der Waals surface area contributed by atoms with E-state index >= 15 is 0 Å². The molecule has 2 amide bonds. The minimum atomic E-state index is -0.755. The number of carbonyl (C=O) groups excluding carboxylic acids is 2. The van der Waals surface area contributed by atoms with Crippen molar-refractivity contribution in [3.63, 3.8) is 0 Å². The summed E-state index contributed by atoms with van der Waals surface area (Å²) in [7, 11) is 1.73. The number of hydrogen-bond acceptors (Lipinski definition) is 3. The van der Waals surface area contributed by atoms with E-state index in [1.54, 1.807) is 42.3 Å². The number of hydrogen-bond donors (Lipinski definition) is 1. The van der Waals surface area contributed by atoms with Crippen molar-refractivity contribution >= 4 is 23.2 Å². The Labute approximate surface area is 138 Å². The van der Waals surface area contributed by atoms with Crippen molar-refractivity contribution in [2.24, 2.45) is 0 Å². The van der Waals surface area contributed by atoms with Gasteiger partial charge in [0.2, 0.25) is 5.91 Å². The van der Waals surface area contributed by atoms with Crippen LogP contribution in [0, 0.1) is 5.82 Å². The molecule has 5 nitrogen and oxygen atoms in total. The molecule has 0 aliphatic carbocycles. The van der Waals surface area contributed by atoms with E-state index in [0.717, 1.165) is 11.3 Å². The van der Waals surface area contributed by atoms with Gasteiger partial charge in [-0.25, -0.2) is 4.39 Å². The first-order chi connectivity index (χ1) is 11.5. The molecule has 1 atom stereocenters. The molecule has 1 N–H and O–H groups in total. The molecule has 122 valence electrons. The topological polar surface area (TPSA) is 58.6 Å². The lowest BCUT2D eigenvalue weighted by Crippen LogP contribution is -2.31. The number of carbonyl (C=O) groups is 2. The number of nitrogens with one attached hydrogen (secondary N) is 1. The van der Waals surface area contributed by atoms with Crippen LogP contribution in [0.1, 0.15) is 11.1 Å². The van der Waals surface area contributed by atoms with Gasteiger partial charge in [0.05, 0.1) is 6.42 Å². The van der Waals surface area contributed by atoms with Crippen LogP contribution >= 0.6 is 0 Å². The normalized spacial score (nSPS) is 18.2. The third kappa shape index (κ3) is 2.31. The van der Waals surface area contributed by atoms with Crippen LogP contribution in [0.3, 0.4) is 0 Å². The van der Waals surface area contributed by atoms with Crippen molar-refractivity contribution in [1.82, 2.24) is 0 Å². The van der Waals surface area contributed by atoms with Gasteiger partial charge in [0.25, 0.3) is 5.91 Å². The second-order valence-electron chi connectivity index (χ2n) is 6.00. The summed E-state index contributed by atoms with van der Waals surface area (Å²) in [5.41, 5.74) is 3.02. The highest BCUT2D eigenvalue weighted by molar-refractivity contribution is 6.02. The second kappa shape index (κ2) is 5.33. The molecule has 0 saturated carbocycles. The van der Waals surface area contributed by atoms with Crippen LogP contribution in [0.15, 0.2) is 36.4 Å². The molecule has 2 aromatic rings. The Kier molecular flexibility index (Phi) is 3.26. The number of likely N-dealkylation sites (N-methyl/N-ethyl adjacent to an activating group) is 1. The van der Waals surface area contributed by atoms with Crippen molar-refractivity contribution in [1.29, 1.82) is 0 Å². The monoisotopic (exact) mass is 326 g/mol. The number of rotatable bonds is 2. The number of benzene rings is 2. The minimum absolute atomic E-state index is 0.0264.